The zero-order valence-electron chi connectivity index (χ0n) is 15.7. The lowest BCUT2D eigenvalue weighted by atomic mass is 9.88. The lowest BCUT2D eigenvalue weighted by molar-refractivity contribution is -0.194. The van der Waals surface area contributed by atoms with Gasteiger partial charge in [-0.25, -0.2) is 4.79 Å². The van der Waals surface area contributed by atoms with E-state index in [1.165, 1.54) is 0 Å². The van der Waals surface area contributed by atoms with Crippen molar-refractivity contribution in [3.05, 3.63) is 100 Å². The standard InChI is InChI=1S/C24H18O5/c1-27-17-10-8-14(9-11-17)21-18-4-2-3-5-19(18)22(23(21)24(25)26)15-6-7-16-13-28-29-20(16)12-15/h2-12,21H,13H2,1H3,(H,25,26). The quantitative estimate of drug-likeness (QED) is 0.667. The zero-order valence-corrected chi connectivity index (χ0v) is 15.7. The van der Waals surface area contributed by atoms with E-state index in [0.29, 0.717) is 23.5 Å². The second-order valence-corrected chi connectivity index (χ2v) is 7.06. The smallest absolute Gasteiger partial charge is 0.333 e. The van der Waals surface area contributed by atoms with Crippen LogP contribution in [0.2, 0.25) is 0 Å². The summed E-state index contributed by atoms with van der Waals surface area (Å²) in [4.78, 5) is 22.7. The van der Waals surface area contributed by atoms with E-state index in [9.17, 15) is 9.90 Å². The summed E-state index contributed by atoms with van der Waals surface area (Å²) in [5.41, 5.74) is 5.63. The Morgan fingerprint density at radius 2 is 1.86 bits per heavy atom. The van der Waals surface area contributed by atoms with Crippen LogP contribution in [0.15, 0.2) is 72.3 Å². The van der Waals surface area contributed by atoms with Gasteiger partial charge in [-0.05, 0) is 40.5 Å². The number of hydrogen-bond acceptors (Lipinski definition) is 4. The first kappa shape index (κ1) is 17.5. The van der Waals surface area contributed by atoms with Crippen molar-refractivity contribution in [3.8, 4) is 11.5 Å². The van der Waals surface area contributed by atoms with Crippen LogP contribution in [0, 0.1) is 0 Å². The number of ether oxygens (including phenoxy) is 1. The second kappa shape index (κ2) is 6.79. The Balaban J connectivity index is 1.73. The Bertz CT molecular complexity index is 1140. The minimum atomic E-state index is -0.935. The van der Waals surface area contributed by atoms with Gasteiger partial charge in [-0.3, -0.25) is 0 Å². The Morgan fingerprint density at radius 1 is 1.07 bits per heavy atom. The first-order chi connectivity index (χ1) is 14.2. The van der Waals surface area contributed by atoms with E-state index < -0.39 is 5.97 Å². The molecule has 1 N–H and O–H groups in total. The summed E-state index contributed by atoms with van der Waals surface area (Å²) in [6.07, 6.45) is 0. The van der Waals surface area contributed by atoms with Gasteiger partial charge in [-0.2, -0.15) is 4.89 Å². The third-order valence-electron chi connectivity index (χ3n) is 5.50. The van der Waals surface area contributed by atoms with Gasteiger partial charge < -0.3 is 14.7 Å². The first-order valence-corrected chi connectivity index (χ1v) is 9.31. The van der Waals surface area contributed by atoms with Crippen molar-refractivity contribution in [1.29, 1.82) is 0 Å². The lowest BCUT2D eigenvalue weighted by Gasteiger charge is -2.15. The largest absolute Gasteiger partial charge is 0.497 e. The Hall–Kier alpha value is -3.57. The second-order valence-electron chi connectivity index (χ2n) is 7.06. The number of rotatable bonds is 4. The minimum Gasteiger partial charge on any atom is -0.497 e. The lowest BCUT2D eigenvalue weighted by Crippen LogP contribution is -2.10. The maximum Gasteiger partial charge on any atom is 0.333 e. The highest BCUT2D eigenvalue weighted by Crippen LogP contribution is 2.49. The summed E-state index contributed by atoms with van der Waals surface area (Å²) in [6, 6.07) is 21.1. The molecular weight excluding hydrogens is 368 g/mol. The molecule has 0 amide bonds. The zero-order chi connectivity index (χ0) is 20.0. The number of aliphatic carboxylic acids is 1. The summed E-state index contributed by atoms with van der Waals surface area (Å²) in [7, 11) is 1.61. The van der Waals surface area contributed by atoms with Gasteiger partial charge in [0.25, 0.3) is 0 Å². The molecule has 5 rings (SSSR count). The molecule has 5 heteroatoms. The third kappa shape index (κ3) is 2.79. The third-order valence-corrected chi connectivity index (χ3v) is 5.50. The number of carboxylic acid groups (broad SMARTS) is 1. The number of benzene rings is 3. The van der Waals surface area contributed by atoms with Gasteiger partial charge in [0, 0.05) is 17.1 Å². The van der Waals surface area contributed by atoms with E-state index in [4.69, 9.17) is 14.5 Å². The molecule has 1 aliphatic carbocycles. The molecule has 0 saturated carbocycles. The van der Waals surface area contributed by atoms with Crippen LogP contribution < -0.4 is 9.62 Å². The Morgan fingerprint density at radius 3 is 2.62 bits per heavy atom. The van der Waals surface area contributed by atoms with Crippen molar-refractivity contribution >= 4 is 11.5 Å². The van der Waals surface area contributed by atoms with Gasteiger partial charge in [-0.1, -0.05) is 48.5 Å². The van der Waals surface area contributed by atoms with Gasteiger partial charge in [0.2, 0.25) is 0 Å². The molecule has 144 valence electrons. The molecular formula is C24H18O5. The average molecular weight is 386 g/mol. The van der Waals surface area contributed by atoms with Gasteiger partial charge in [0.05, 0.1) is 12.7 Å². The number of hydrogen-bond donors (Lipinski definition) is 1. The van der Waals surface area contributed by atoms with E-state index in [-0.39, 0.29) is 5.92 Å². The average Bonchev–Trinajstić information content (AvgIpc) is 3.35. The summed E-state index contributed by atoms with van der Waals surface area (Å²) >= 11 is 0. The van der Waals surface area contributed by atoms with Gasteiger partial charge in [0.15, 0.2) is 5.75 Å². The van der Waals surface area contributed by atoms with E-state index in [2.05, 4.69) is 0 Å². The number of carboxylic acids is 1. The van der Waals surface area contributed by atoms with Crippen LogP contribution in [-0.4, -0.2) is 18.2 Å². The molecule has 0 fully saturated rings. The molecule has 3 aromatic carbocycles. The van der Waals surface area contributed by atoms with Gasteiger partial charge >= 0.3 is 5.97 Å². The highest BCUT2D eigenvalue weighted by atomic mass is 17.2. The molecule has 0 aromatic heterocycles. The first-order valence-electron chi connectivity index (χ1n) is 9.31. The molecule has 0 bridgehead atoms. The molecule has 5 nitrogen and oxygen atoms in total. The molecule has 0 spiro atoms. The maximum absolute atomic E-state index is 12.5. The fourth-order valence-electron chi connectivity index (χ4n) is 4.17. The maximum atomic E-state index is 12.5. The molecule has 2 aliphatic rings. The van der Waals surface area contributed by atoms with Gasteiger partial charge in [0.1, 0.15) is 12.4 Å². The summed E-state index contributed by atoms with van der Waals surface area (Å²) < 4.78 is 5.25. The monoisotopic (exact) mass is 386 g/mol. The van der Waals surface area contributed by atoms with Crippen LogP contribution in [0.3, 0.4) is 0 Å². The topological polar surface area (TPSA) is 65.0 Å². The van der Waals surface area contributed by atoms with Crippen molar-refractivity contribution in [2.45, 2.75) is 12.5 Å². The van der Waals surface area contributed by atoms with Crippen molar-refractivity contribution in [2.75, 3.05) is 7.11 Å². The van der Waals surface area contributed by atoms with Crippen molar-refractivity contribution in [2.24, 2.45) is 0 Å². The van der Waals surface area contributed by atoms with Crippen molar-refractivity contribution in [1.82, 2.24) is 0 Å². The van der Waals surface area contributed by atoms with E-state index in [0.717, 1.165) is 33.6 Å². The Labute approximate surface area is 167 Å². The van der Waals surface area contributed by atoms with E-state index in [1.54, 1.807) is 7.11 Å². The van der Waals surface area contributed by atoms with Crippen LogP contribution in [0.4, 0.5) is 0 Å². The van der Waals surface area contributed by atoms with E-state index >= 15 is 0 Å². The van der Waals surface area contributed by atoms with Crippen LogP contribution in [0.5, 0.6) is 11.5 Å². The molecule has 1 unspecified atom stereocenters. The number of fused-ring (bicyclic) bond motifs is 2. The highest BCUT2D eigenvalue weighted by Gasteiger charge is 2.37. The fraction of sp³-hybridized carbons (Fsp3) is 0.125. The normalized spacial score (nSPS) is 16.9. The highest BCUT2D eigenvalue weighted by molar-refractivity contribution is 6.06. The van der Waals surface area contributed by atoms with E-state index in [1.807, 2.05) is 66.7 Å². The molecule has 1 heterocycles. The number of carbonyl (C=O) groups is 1. The summed E-state index contributed by atoms with van der Waals surface area (Å²) in [6.45, 7) is 0.394. The SMILES string of the molecule is COc1ccc(C2C(C(=O)O)=C(c3ccc4c(c3)OOC4)c3ccccc32)cc1. The molecule has 1 atom stereocenters. The van der Waals surface area contributed by atoms with Crippen LogP contribution >= 0.6 is 0 Å². The van der Waals surface area contributed by atoms with Crippen LogP contribution in [-0.2, 0) is 16.3 Å². The predicted molar refractivity (Wildman–Crippen MR) is 107 cm³/mol. The van der Waals surface area contributed by atoms with Crippen molar-refractivity contribution < 1.29 is 24.4 Å². The predicted octanol–water partition coefficient (Wildman–Crippen LogP) is 4.55. The Kier molecular flexibility index (Phi) is 4.11. The van der Waals surface area contributed by atoms with Gasteiger partial charge in [-0.15, -0.1) is 0 Å². The van der Waals surface area contributed by atoms with Crippen molar-refractivity contribution in [3.63, 3.8) is 0 Å². The van der Waals surface area contributed by atoms with Crippen LogP contribution in [0.25, 0.3) is 5.57 Å². The number of methoxy groups -OCH3 is 1. The summed E-state index contributed by atoms with van der Waals surface area (Å²) in [5.74, 6) is 0.0618. The molecule has 3 aromatic rings. The molecule has 1 aliphatic heterocycles. The van der Waals surface area contributed by atoms with Crippen LogP contribution in [0.1, 0.15) is 33.7 Å². The minimum absolute atomic E-state index is 0.357. The summed E-state index contributed by atoms with van der Waals surface area (Å²) in [5, 5.41) is 10.2. The molecule has 29 heavy (non-hydrogen) atoms. The molecule has 0 saturated heterocycles. The fourth-order valence-corrected chi connectivity index (χ4v) is 4.17. The molecule has 0 radical (unpaired) electrons.